The van der Waals surface area contributed by atoms with E-state index in [1.54, 1.807) is 7.11 Å². The average molecular weight is 207 g/mol. The molecule has 0 unspecified atom stereocenters. The fourth-order valence-electron chi connectivity index (χ4n) is 1.01. The van der Waals surface area contributed by atoms with Crippen LogP contribution in [0.3, 0.4) is 0 Å². The van der Waals surface area contributed by atoms with Crippen LogP contribution < -0.4 is 0 Å². The number of ether oxygens (including phenoxy) is 2. The van der Waals surface area contributed by atoms with E-state index in [0.29, 0.717) is 0 Å². The third kappa shape index (κ3) is 8.56. The smallest absolute Gasteiger partial charge is 0.0593 e. The highest BCUT2D eigenvalue weighted by atomic mass is 32.1. The highest BCUT2D eigenvalue weighted by molar-refractivity contribution is 7.80. The Morgan fingerprint density at radius 2 is 1.85 bits per heavy atom. The van der Waals surface area contributed by atoms with E-state index in [4.69, 9.17) is 9.47 Å². The molecule has 0 saturated carbocycles. The number of nitrogens with zero attached hydrogens (tertiary/aromatic N) is 1. The van der Waals surface area contributed by atoms with E-state index >= 15 is 0 Å². The summed E-state index contributed by atoms with van der Waals surface area (Å²) in [7, 11) is 1.73. The molecule has 13 heavy (non-hydrogen) atoms. The second-order valence-corrected chi connectivity index (χ2v) is 3.21. The molecule has 0 aliphatic rings. The van der Waals surface area contributed by atoms with Crippen molar-refractivity contribution in [3.63, 3.8) is 0 Å². The molecule has 0 radical (unpaired) electrons. The van der Waals surface area contributed by atoms with Crippen LogP contribution in [0.1, 0.15) is 6.92 Å². The summed E-state index contributed by atoms with van der Waals surface area (Å²) in [5, 5.41) is 0. The lowest BCUT2D eigenvalue weighted by Gasteiger charge is -2.19. The van der Waals surface area contributed by atoms with Crippen molar-refractivity contribution in [3.05, 3.63) is 0 Å². The number of hydrogen-bond acceptors (Lipinski definition) is 4. The first-order chi connectivity index (χ1) is 6.35. The molecule has 0 amide bonds. The van der Waals surface area contributed by atoms with Gasteiger partial charge in [-0.1, -0.05) is 6.92 Å². The van der Waals surface area contributed by atoms with Crippen molar-refractivity contribution in [1.29, 1.82) is 0 Å². The van der Waals surface area contributed by atoms with E-state index < -0.39 is 0 Å². The third-order valence-corrected chi connectivity index (χ3v) is 2.03. The Bertz CT molecular complexity index is 104. The lowest BCUT2D eigenvalue weighted by molar-refractivity contribution is 0.0985. The number of thiol groups is 1. The van der Waals surface area contributed by atoms with Gasteiger partial charge in [-0.2, -0.15) is 12.6 Å². The Morgan fingerprint density at radius 1 is 1.15 bits per heavy atom. The van der Waals surface area contributed by atoms with Gasteiger partial charge in [0.1, 0.15) is 0 Å². The molecule has 0 aromatic rings. The molecule has 3 nitrogen and oxygen atoms in total. The first-order valence-electron chi connectivity index (χ1n) is 4.75. The zero-order chi connectivity index (χ0) is 9.94. The van der Waals surface area contributed by atoms with E-state index in [2.05, 4.69) is 24.5 Å². The second-order valence-electron chi connectivity index (χ2n) is 2.76. The maximum absolute atomic E-state index is 5.34. The molecule has 0 rings (SSSR count). The van der Waals surface area contributed by atoms with Crippen molar-refractivity contribution in [2.75, 3.05) is 52.3 Å². The summed E-state index contributed by atoms with van der Waals surface area (Å²) in [5.74, 6) is 0.796. The predicted octanol–water partition coefficient (Wildman–Crippen LogP) is 0.901. The van der Waals surface area contributed by atoms with Crippen molar-refractivity contribution < 1.29 is 9.47 Å². The normalized spacial score (nSPS) is 11.1. The molecule has 0 aromatic carbocycles. The van der Waals surface area contributed by atoms with Gasteiger partial charge in [0.05, 0.1) is 19.8 Å². The van der Waals surface area contributed by atoms with Gasteiger partial charge < -0.3 is 9.47 Å². The zero-order valence-corrected chi connectivity index (χ0v) is 9.56. The minimum atomic E-state index is 0.741. The molecule has 0 saturated heterocycles. The van der Waals surface area contributed by atoms with Crippen LogP contribution in [-0.4, -0.2) is 57.2 Å². The summed E-state index contributed by atoms with van der Waals surface area (Å²) in [6.07, 6.45) is 0. The summed E-state index contributed by atoms with van der Waals surface area (Å²) >= 11 is 4.07. The maximum Gasteiger partial charge on any atom is 0.0593 e. The van der Waals surface area contributed by atoms with E-state index in [-0.39, 0.29) is 0 Å². The van der Waals surface area contributed by atoms with Crippen LogP contribution in [0.5, 0.6) is 0 Å². The summed E-state index contributed by atoms with van der Waals surface area (Å²) < 4.78 is 10.3. The maximum atomic E-state index is 5.34. The number of hydrogen-bond donors (Lipinski definition) is 1. The highest BCUT2D eigenvalue weighted by Crippen LogP contribution is 1.88. The van der Waals surface area contributed by atoms with Crippen molar-refractivity contribution in [2.24, 2.45) is 0 Å². The minimum absolute atomic E-state index is 0.741. The molecule has 0 aliphatic heterocycles. The Hall–Kier alpha value is 0.230. The summed E-state index contributed by atoms with van der Waals surface area (Å²) in [5.41, 5.74) is 0. The fourth-order valence-corrected chi connectivity index (χ4v) is 1.14. The van der Waals surface area contributed by atoms with Gasteiger partial charge in [-0.05, 0) is 6.54 Å². The molecular formula is C9H21NO2S. The van der Waals surface area contributed by atoms with Gasteiger partial charge in [-0.15, -0.1) is 0 Å². The number of rotatable bonds is 9. The van der Waals surface area contributed by atoms with Gasteiger partial charge in [0.2, 0.25) is 0 Å². The molecular weight excluding hydrogens is 186 g/mol. The third-order valence-electron chi connectivity index (χ3n) is 1.85. The standard InChI is InChI=1S/C9H21NO2S/c1-3-10(4-6-11-2)5-7-12-8-9-13/h13H,3-9H2,1-2H3. The van der Waals surface area contributed by atoms with Crippen LogP contribution in [0, 0.1) is 0 Å². The highest BCUT2D eigenvalue weighted by Gasteiger charge is 2.00. The Labute approximate surface area is 86.8 Å². The Morgan fingerprint density at radius 3 is 2.38 bits per heavy atom. The quantitative estimate of drug-likeness (QED) is 0.448. The van der Waals surface area contributed by atoms with Crippen molar-refractivity contribution in [3.8, 4) is 0 Å². The molecule has 80 valence electrons. The summed E-state index contributed by atoms with van der Waals surface area (Å²) in [4.78, 5) is 2.31. The fraction of sp³-hybridized carbons (Fsp3) is 1.00. The topological polar surface area (TPSA) is 21.7 Å². The molecule has 0 heterocycles. The van der Waals surface area contributed by atoms with Crippen LogP contribution in [-0.2, 0) is 9.47 Å². The summed E-state index contributed by atoms with van der Waals surface area (Å²) in [6.45, 7) is 7.48. The SMILES string of the molecule is CCN(CCOC)CCOCCS. The van der Waals surface area contributed by atoms with E-state index in [0.717, 1.165) is 45.2 Å². The lowest BCUT2D eigenvalue weighted by atomic mass is 10.5. The van der Waals surface area contributed by atoms with E-state index in [1.807, 2.05) is 0 Å². The van der Waals surface area contributed by atoms with E-state index in [1.165, 1.54) is 0 Å². The number of methoxy groups -OCH3 is 1. The van der Waals surface area contributed by atoms with Crippen LogP contribution in [0.15, 0.2) is 0 Å². The van der Waals surface area contributed by atoms with Gasteiger partial charge in [0.15, 0.2) is 0 Å². The van der Waals surface area contributed by atoms with Gasteiger partial charge in [-0.3, -0.25) is 4.90 Å². The molecule has 0 bridgehead atoms. The van der Waals surface area contributed by atoms with E-state index in [9.17, 15) is 0 Å². The molecule has 4 heteroatoms. The van der Waals surface area contributed by atoms with Crippen molar-refractivity contribution >= 4 is 12.6 Å². The molecule has 0 N–H and O–H groups in total. The summed E-state index contributed by atoms with van der Waals surface area (Å²) in [6, 6.07) is 0. The lowest BCUT2D eigenvalue weighted by Crippen LogP contribution is -2.30. The molecule has 0 aliphatic carbocycles. The molecule has 0 fully saturated rings. The molecule has 0 spiro atoms. The minimum Gasteiger partial charge on any atom is -0.383 e. The van der Waals surface area contributed by atoms with Gasteiger partial charge >= 0.3 is 0 Å². The first kappa shape index (κ1) is 13.2. The Balaban J connectivity index is 3.25. The van der Waals surface area contributed by atoms with Gasteiger partial charge in [0, 0.05) is 26.0 Å². The molecule has 0 aromatic heterocycles. The first-order valence-corrected chi connectivity index (χ1v) is 5.38. The number of likely N-dealkylation sites (N-methyl/N-ethyl adjacent to an activating group) is 1. The van der Waals surface area contributed by atoms with Crippen molar-refractivity contribution in [1.82, 2.24) is 4.90 Å². The van der Waals surface area contributed by atoms with Gasteiger partial charge in [0.25, 0.3) is 0 Å². The molecule has 0 atom stereocenters. The predicted molar refractivity (Wildman–Crippen MR) is 58.7 cm³/mol. The van der Waals surface area contributed by atoms with Crippen LogP contribution >= 0.6 is 12.6 Å². The Kier molecular flexibility index (Phi) is 10.5. The second kappa shape index (κ2) is 10.3. The average Bonchev–Trinajstić information content (AvgIpc) is 2.17. The largest absolute Gasteiger partial charge is 0.383 e. The van der Waals surface area contributed by atoms with Crippen molar-refractivity contribution in [2.45, 2.75) is 6.92 Å². The van der Waals surface area contributed by atoms with Gasteiger partial charge in [-0.25, -0.2) is 0 Å². The van der Waals surface area contributed by atoms with Crippen LogP contribution in [0.25, 0.3) is 0 Å². The van der Waals surface area contributed by atoms with Crippen LogP contribution in [0.2, 0.25) is 0 Å². The monoisotopic (exact) mass is 207 g/mol. The van der Waals surface area contributed by atoms with Crippen LogP contribution in [0.4, 0.5) is 0 Å². The zero-order valence-electron chi connectivity index (χ0n) is 8.66.